The zero-order valence-corrected chi connectivity index (χ0v) is 22.1. The number of nitrogens with zero attached hydrogens (tertiary/aromatic N) is 2. The summed E-state index contributed by atoms with van der Waals surface area (Å²) in [7, 11) is 8.10. The maximum Gasteiger partial charge on any atom is 0.252 e. The highest BCUT2D eigenvalue weighted by Crippen LogP contribution is 2.33. The van der Waals surface area contributed by atoms with Gasteiger partial charge in [0, 0.05) is 28.7 Å². The van der Waals surface area contributed by atoms with Crippen molar-refractivity contribution in [3.63, 3.8) is 0 Å². The normalized spacial score (nSPS) is 10.8. The fraction of sp³-hybridized carbons (Fsp3) is 0.417. The highest BCUT2D eigenvalue weighted by Gasteiger charge is 2.15. The molecule has 0 aliphatic carbocycles. The van der Waals surface area contributed by atoms with Gasteiger partial charge in [0.2, 0.25) is 0 Å². The third kappa shape index (κ3) is 7.83. The lowest BCUT2D eigenvalue weighted by Gasteiger charge is -2.12. The van der Waals surface area contributed by atoms with Crippen LogP contribution in [0.5, 0.6) is 0 Å². The van der Waals surface area contributed by atoms with Gasteiger partial charge in [-0.3, -0.25) is 9.59 Å². The maximum atomic E-state index is 12.8. The van der Waals surface area contributed by atoms with E-state index in [4.69, 9.17) is 0 Å². The minimum Gasteiger partial charge on any atom is -0.352 e. The Kier molecular flexibility index (Phi) is 12.1. The maximum absolute atomic E-state index is 12.8. The van der Waals surface area contributed by atoms with Crippen LogP contribution >= 0.6 is 36.2 Å². The van der Waals surface area contributed by atoms with E-state index in [1.807, 2.05) is 63.9 Å². The van der Waals surface area contributed by atoms with Gasteiger partial charge in [-0.15, -0.1) is 36.2 Å². The van der Waals surface area contributed by atoms with Crippen molar-refractivity contribution in [1.29, 1.82) is 0 Å². The van der Waals surface area contributed by atoms with Crippen LogP contribution in [0.15, 0.2) is 35.7 Å². The Morgan fingerprint density at radius 1 is 0.818 bits per heavy atom. The topological polar surface area (TPSA) is 64.7 Å². The fourth-order valence-electron chi connectivity index (χ4n) is 3.57. The molecule has 182 valence electrons. The molecule has 0 aliphatic rings. The second-order valence-corrected chi connectivity index (χ2v) is 9.27. The Labute approximate surface area is 212 Å². The van der Waals surface area contributed by atoms with E-state index in [-0.39, 0.29) is 36.6 Å². The lowest BCUT2D eigenvalue weighted by atomic mass is 10.00. The minimum absolute atomic E-state index is 0. The Bertz CT molecular complexity index is 1070. The van der Waals surface area contributed by atoms with Crippen LogP contribution in [0.1, 0.15) is 33.6 Å². The number of hydrogen-bond donors (Lipinski definition) is 2. The smallest absolute Gasteiger partial charge is 0.252 e. The molecule has 0 unspecified atom stereocenters. The highest BCUT2D eigenvalue weighted by molar-refractivity contribution is 7.17. The fourth-order valence-corrected chi connectivity index (χ4v) is 4.49. The summed E-state index contributed by atoms with van der Waals surface area (Å²) in [5.41, 5.74) is 1.34. The Morgan fingerprint density at radius 3 is 2.03 bits per heavy atom. The van der Waals surface area contributed by atoms with E-state index in [0.29, 0.717) is 24.2 Å². The van der Waals surface area contributed by atoms with Crippen LogP contribution in [0.2, 0.25) is 0 Å². The number of nitrogens with one attached hydrogen (secondary N) is 2. The number of carbonyl (C=O) groups excluding carboxylic acids is 2. The van der Waals surface area contributed by atoms with Crippen LogP contribution in [0.25, 0.3) is 20.9 Å². The molecule has 6 nitrogen and oxygen atoms in total. The van der Waals surface area contributed by atoms with E-state index in [1.54, 1.807) is 11.3 Å². The minimum atomic E-state index is -0.0632. The lowest BCUT2D eigenvalue weighted by molar-refractivity contribution is 0.0945. The molecule has 0 atom stereocenters. The highest BCUT2D eigenvalue weighted by atomic mass is 35.5. The van der Waals surface area contributed by atoms with Gasteiger partial charge in [0.25, 0.3) is 11.8 Å². The summed E-state index contributed by atoms with van der Waals surface area (Å²) in [5.74, 6) is -0.109. The molecule has 0 fully saturated rings. The second-order valence-electron chi connectivity index (χ2n) is 8.35. The number of thiophene rings is 1. The summed E-state index contributed by atoms with van der Waals surface area (Å²) in [4.78, 5) is 29.6. The molecule has 0 saturated heterocycles. The summed E-state index contributed by atoms with van der Waals surface area (Å²) in [5, 5.41) is 11.0. The average Bonchev–Trinajstić information content (AvgIpc) is 3.23. The van der Waals surface area contributed by atoms with Gasteiger partial charge in [-0.1, -0.05) is 6.07 Å². The zero-order valence-electron chi connectivity index (χ0n) is 19.6. The average molecular weight is 514 g/mol. The largest absolute Gasteiger partial charge is 0.352 e. The van der Waals surface area contributed by atoms with Crippen molar-refractivity contribution < 1.29 is 9.59 Å². The number of fused-ring (bicyclic) bond motifs is 3. The quantitative estimate of drug-likeness (QED) is 0.398. The van der Waals surface area contributed by atoms with Crippen LogP contribution in [-0.2, 0) is 0 Å². The van der Waals surface area contributed by atoms with Crippen molar-refractivity contribution in [2.75, 3.05) is 54.4 Å². The predicted molar refractivity (Wildman–Crippen MR) is 145 cm³/mol. The molecule has 3 rings (SSSR count). The van der Waals surface area contributed by atoms with Gasteiger partial charge in [0.05, 0.1) is 5.56 Å². The van der Waals surface area contributed by atoms with Gasteiger partial charge in [0.1, 0.15) is 0 Å². The van der Waals surface area contributed by atoms with Gasteiger partial charge in [-0.05, 0) is 94.5 Å². The van der Waals surface area contributed by atoms with Gasteiger partial charge < -0.3 is 20.4 Å². The first-order valence-electron chi connectivity index (χ1n) is 10.7. The second kappa shape index (κ2) is 13.7. The van der Waals surface area contributed by atoms with Crippen LogP contribution in [-0.4, -0.2) is 76.0 Å². The molecule has 2 N–H and O–H groups in total. The monoisotopic (exact) mass is 512 g/mol. The molecule has 1 heterocycles. The first-order chi connectivity index (χ1) is 14.9. The molecular formula is C24H34Cl2N4O2S. The molecule has 2 amide bonds. The van der Waals surface area contributed by atoms with Gasteiger partial charge in [0.15, 0.2) is 0 Å². The van der Waals surface area contributed by atoms with Crippen LogP contribution in [0.3, 0.4) is 0 Å². The number of halogens is 2. The molecule has 3 aromatic rings. The molecule has 0 spiro atoms. The van der Waals surface area contributed by atoms with E-state index in [2.05, 4.69) is 20.4 Å². The zero-order chi connectivity index (χ0) is 22.4. The molecule has 2 aromatic carbocycles. The van der Waals surface area contributed by atoms with Crippen molar-refractivity contribution in [3.8, 4) is 0 Å². The van der Waals surface area contributed by atoms with Crippen molar-refractivity contribution in [2.45, 2.75) is 12.8 Å². The first-order valence-corrected chi connectivity index (χ1v) is 11.5. The molecule has 0 saturated carbocycles. The van der Waals surface area contributed by atoms with Crippen molar-refractivity contribution in [3.05, 3.63) is 46.8 Å². The number of carbonyl (C=O) groups is 2. The van der Waals surface area contributed by atoms with E-state index >= 15 is 0 Å². The predicted octanol–water partition coefficient (Wildman–Crippen LogP) is 4.26. The van der Waals surface area contributed by atoms with E-state index in [0.717, 1.165) is 46.8 Å². The Morgan fingerprint density at radius 2 is 1.42 bits per heavy atom. The van der Waals surface area contributed by atoms with E-state index < -0.39 is 0 Å². The molecule has 1 aromatic heterocycles. The van der Waals surface area contributed by atoms with Crippen molar-refractivity contribution >= 4 is 68.8 Å². The molecule has 0 aliphatic heterocycles. The van der Waals surface area contributed by atoms with Crippen molar-refractivity contribution in [1.82, 2.24) is 20.4 Å². The summed E-state index contributed by atoms with van der Waals surface area (Å²) < 4.78 is 0.959. The van der Waals surface area contributed by atoms with E-state index in [1.165, 1.54) is 0 Å². The van der Waals surface area contributed by atoms with Gasteiger partial charge in [-0.25, -0.2) is 0 Å². The molecule has 0 bridgehead atoms. The summed E-state index contributed by atoms with van der Waals surface area (Å²) in [6.45, 7) is 3.17. The summed E-state index contributed by atoms with van der Waals surface area (Å²) >= 11 is 1.56. The van der Waals surface area contributed by atoms with Gasteiger partial charge in [-0.2, -0.15) is 0 Å². The number of amides is 2. The SMILES string of the molecule is CN(C)CCCNC(=O)c1ccc2cc(C(=O)NCCCN(C)C)c3sccc3c2c1.Cl.Cl. The van der Waals surface area contributed by atoms with Crippen LogP contribution in [0.4, 0.5) is 0 Å². The summed E-state index contributed by atoms with van der Waals surface area (Å²) in [6.07, 6.45) is 1.82. The standard InChI is InChI=1S/C24H32N4O2S.2ClH/c1-27(2)12-5-10-25-23(29)18-8-7-17-15-21(24(30)26-11-6-13-28(3)4)22-19(9-14-31-22)20(17)16-18;;/h7-9,14-16H,5-6,10-13H2,1-4H3,(H,25,29)(H,26,30);2*1H. The molecular weight excluding hydrogens is 479 g/mol. The number of benzene rings is 2. The van der Waals surface area contributed by atoms with Crippen LogP contribution in [0, 0.1) is 0 Å². The van der Waals surface area contributed by atoms with Crippen molar-refractivity contribution in [2.24, 2.45) is 0 Å². The number of rotatable bonds is 10. The molecule has 0 radical (unpaired) electrons. The Balaban J connectivity index is 0.00000272. The van der Waals surface area contributed by atoms with E-state index in [9.17, 15) is 9.59 Å². The lowest BCUT2D eigenvalue weighted by Crippen LogP contribution is -2.27. The number of hydrogen-bond acceptors (Lipinski definition) is 5. The molecule has 9 heteroatoms. The first kappa shape index (κ1) is 29.1. The Hall–Kier alpha value is -1.90. The van der Waals surface area contributed by atoms with Gasteiger partial charge >= 0.3 is 0 Å². The van der Waals surface area contributed by atoms with Crippen LogP contribution < -0.4 is 10.6 Å². The third-order valence-electron chi connectivity index (χ3n) is 5.20. The third-order valence-corrected chi connectivity index (χ3v) is 6.14. The summed E-state index contributed by atoms with van der Waals surface area (Å²) in [6, 6.07) is 9.67. The molecule has 33 heavy (non-hydrogen) atoms.